The number of pyridine rings is 1. The van der Waals surface area contributed by atoms with E-state index in [9.17, 15) is 46.1 Å². The Balaban J connectivity index is 1.54. The molecule has 3 heterocycles. The first-order valence-electron chi connectivity index (χ1n) is 12.3. The second-order valence-electron chi connectivity index (χ2n) is 9.67. The molecule has 0 aromatic carbocycles. The van der Waals surface area contributed by atoms with Crippen LogP contribution in [0.1, 0.15) is 26.2 Å². The molecule has 20 heteroatoms. The van der Waals surface area contributed by atoms with Crippen LogP contribution in [0.25, 0.3) is 0 Å². The van der Waals surface area contributed by atoms with Gasteiger partial charge in [-0.2, -0.15) is 13.2 Å². The summed E-state index contributed by atoms with van der Waals surface area (Å²) < 4.78 is 124. The SMILES string of the molecule is C[C@@H](COC1CCN(C2CCN(c3ccc(S(F)(F)(F)(F)F)cn3)CC2)C1=O)N/C(C=N)=C(/C(=O)NSF)C(F)(F)F. The van der Waals surface area contributed by atoms with Gasteiger partial charge in [-0.15, -0.1) is 3.89 Å². The fourth-order valence-electron chi connectivity index (χ4n) is 4.63. The van der Waals surface area contributed by atoms with E-state index in [1.165, 1.54) is 11.6 Å². The lowest BCUT2D eigenvalue weighted by molar-refractivity contribution is -0.139. The predicted molar refractivity (Wildman–Crippen MR) is 138 cm³/mol. The Morgan fingerprint density at radius 2 is 1.83 bits per heavy atom. The summed E-state index contributed by atoms with van der Waals surface area (Å²) in [4.78, 5) is 29.3. The van der Waals surface area contributed by atoms with E-state index in [2.05, 4.69) is 10.3 Å². The average Bonchev–Trinajstić information content (AvgIpc) is 3.25. The summed E-state index contributed by atoms with van der Waals surface area (Å²) in [6, 6.07) is 0.0283. The first kappa shape index (κ1) is 33.6. The van der Waals surface area contributed by atoms with E-state index >= 15 is 0 Å². The van der Waals surface area contributed by atoms with Gasteiger partial charge in [-0.05, 0) is 31.9 Å². The van der Waals surface area contributed by atoms with Crippen LogP contribution in [0.4, 0.5) is 42.3 Å². The number of hydrogen-bond donors (Lipinski definition) is 3. The van der Waals surface area contributed by atoms with E-state index in [-0.39, 0.29) is 43.2 Å². The maximum absolute atomic E-state index is 13.3. The number of anilines is 1. The van der Waals surface area contributed by atoms with Crippen molar-refractivity contribution in [3.63, 3.8) is 0 Å². The third-order valence-electron chi connectivity index (χ3n) is 6.59. The Morgan fingerprint density at radius 3 is 2.33 bits per heavy atom. The number of amides is 2. The third-order valence-corrected chi connectivity index (χ3v) is 7.99. The molecule has 2 amide bonds. The van der Waals surface area contributed by atoms with Crippen molar-refractivity contribution in [3.05, 3.63) is 29.6 Å². The van der Waals surface area contributed by atoms with E-state index in [0.717, 1.165) is 6.07 Å². The van der Waals surface area contributed by atoms with Crippen molar-refractivity contribution >= 4 is 46.4 Å². The van der Waals surface area contributed by atoms with E-state index < -0.39 is 63.0 Å². The number of allylic oxidation sites excluding steroid dienone is 1. The first-order chi connectivity index (χ1) is 19.2. The standard InChI is InChI=1S/C22H27F9N6O3S2/c1-13(34-16(10-32)19(22(23,24)25)20(38)35-41-26)12-40-17-6-9-37(21(17)39)14-4-7-36(8-5-14)18-3-2-15(11-33-18)42(27,28,29,30)31/h2-3,10-11,13-14,17,32,34H,4-9,12H2,1H3,(H,35,38)/b19-16-,32-10?/t13-,17?/m0/s1. The van der Waals surface area contributed by atoms with Gasteiger partial charge in [0.25, 0.3) is 11.8 Å². The van der Waals surface area contributed by atoms with Crippen LogP contribution in [0.3, 0.4) is 0 Å². The van der Waals surface area contributed by atoms with Gasteiger partial charge < -0.3 is 25.3 Å². The van der Waals surface area contributed by atoms with Gasteiger partial charge in [-0.25, -0.2) is 4.98 Å². The summed E-state index contributed by atoms with van der Waals surface area (Å²) in [5.41, 5.74) is -2.73. The molecule has 0 spiro atoms. The van der Waals surface area contributed by atoms with Crippen LogP contribution in [0.15, 0.2) is 34.5 Å². The van der Waals surface area contributed by atoms with Crippen LogP contribution < -0.4 is 14.9 Å². The number of aromatic nitrogens is 1. The number of rotatable bonds is 11. The van der Waals surface area contributed by atoms with Gasteiger partial charge in [0, 0.05) is 44.4 Å². The third kappa shape index (κ3) is 8.36. The fraction of sp³-hybridized carbons (Fsp3) is 0.545. The highest BCUT2D eigenvalue weighted by molar-refractivity contribution is 8.45. The number of piperidine rings is 1. The molecule has 0 bridgehead atoms. The lowest BCUT2D eigenvalue weighted by Gasteiger charge is -2.40. The zero-order chi connectivity index (χ0) is 31.6. The Morgan fingerprint density at radius 1 is 1.19 bits per heavy atom. The summed E-state index contributed by atoms with van der Waals surface area (Å²) in [7, 11) is -9.83. The Kier molecular flexibility index (Phi) is 9.34. The summed E-state index contributed by atoms with van der Waals surface area (Å²) in [5.74, 6) is -2.07. The molecular weight excluding hydrogens is 631 g/mol. The fourth-order valence-corrected chi connectivity index (χ4v) is 5.38. The van der Waals surface area contributed by atoms with Gasteiger partial charge in [0.05, 0.1) is 18.5 Å². The molecule has 1 aromatic rings. The van der Waals surface area contributed by atoms with Crippen molar-refractivity contribution in [1.29, 1.82) is 5.41 Å². The Hall–Kier alpha value is -2.87. The largest absolute Gasteiger partial charge is 0.423 e. The smallest absolute Gasteiger partial charge is 0.378 e. The molecule has 0 radical (unpaired) electrons. The molecule has 3 N–H and O–H groups in total. The van der Waals surface area contributed by atoms with Crippen LogP contribution in [0.5, 0.6) is 0 Å². The Labute approximate surface area is 238 Å². The van der Waals surface area contributed by atoms with Gasteiger partial charge >= 0.3 is 16.4 Å². The average molecular weight is 659 g/mol. The van der Waals surface area contributed by atoms with Crippen molar-refractivity contribution in [1.82, 2.24) is 19.9 Å². The number of nitrogens with one attached hydrogen (secondary N) is 3. The quantitative estimate of drug-likeness (QED) is 0.126. The van der Waals surface area contributed by atoms with Crippen LogP contribution in [0.2, 0.25) is 0 Å². The van der Waals surface area contributed by atoms with E-state index in [0.29, 0.717) is 38.5 Å². The van der Waals surface area contributed by atoms with Gasteiger partial charge in [0.1, 0.15) is 22.4 Å². The number of halogens is 9. The Bertz CT molecular complexity index is 1210. The summed E-state index contributed by atoms with van der Waals surface area (Å²) in [6.07, 6.45) is -4.64. The van der Waals surface area contributed by atoms with E-state index in [4.69, 9.17) is 10.1 Å². The highest BCUT2D eigenvalue weighted by atomic mass is 32.5. The molecule has 2 saturated heterocycles. The molecule has 2 aliphatic rings. The zero-order valence-electron chi connectivity index (χ0n) is 21.8. The molecule has 2 aliphatic heterocycles. The molecule has 1 unspecified atom stereocenters. The lowest BCUT2D eigenvalue weighted by atomic mass is 10.0. The minimum atomic E-state index is -9.83. The van der Waals surface area contributed by atoms with E-state index in [1.54, 1.807) is 9.80 Å². The minimum absolute atomic E-state index is 0.0856. The van der Waals surface area contributed by atoms with Crippen LogP contribution in [-0.4, -0.2) is 78.5 Å². The number of hydrogen-bond acceptors (Lipinski definition) is 8. The second kappa shape index (κ2) is 11.7. The highest BCUT2D eigenvalue weighted by Gasteiger charge is 2.65. The summed E-state index contributed by atoms with van der Waals surface area (Å²) >= 11 is -0.830. The van der Waals surface area contributed by atoms with Crippen LogP contribution in [0, 0.1) is 5.41 Å². The monoisotopic (exact) mass is 658 g/mol. The summed E-state index contributed by atoms with van der Waals surface area (Å²) in [6.45, 7) is 2.02. The number of alkyl halides is 3. The van der Waals surface area contributed by atoms with Crippen molar-refractivity contribution in [3.8, 4) is 0 Å². The molecule has 0 saturated carbocycles. The number of carbonyl (C=O) groups is 2. The predicted octanol–water partition coefficient (Wildman–Crippen LogP) is 5.42. The van der Waals surface area contributed by atoms with Gasteiger partial charge in [-0.1, -0.05) is 19.4 Å². The maximum atomic E-state index is 13.3. The number of likely N-dealkylation sites (tertiary alicyclic amines) is 1. The number of carbonyl (C=O) groups excluding carboxylic acids is 2. The normalized spacial score (nSPS) is 21.8. The number of ether oxygens (including phenoxy) is 1. The van der Waals surface area contributed by atoms with E-state index in [1.807, 2.05) is 0 Å². The van der Waals surface area contributed by atoms with Gasteiger partial charge in [-0.3, -0.25) is 14.3 Å². The van der Waals surface area contributed by atoms with Crippen LogP contribution in [-0.2, 0) is 14.3 Å². The molecule has 3 rings (SSSR count). The lowest BCUT2D eigenvalue weighted by Crippen LogP contribution is -2.47. The maximum Gasteiger partial charge on any atom is 0.423 e. The molecule has 2 atom stereocenters. The van der Waals surface area contributed by atoms with Gasteiger partial charge in [0.15, 0.2) is 12.3 Å². The van der Waals surface area contributed by atoms with Crippen molar-refractivity contribution in [2.75, 3.05) is 31.1 Å². The molecule has 238 valence electrons. The molecule has 2 fully saturated rings. The molecule has 42 heavy (non-hydrogen) atoms. The van der Waals surface area contributed by atoms with Crippen molar-refractivity contribution < 1.29 is 50.8 Å². The van der Waals surface area contributed by atoms with Gasteiger partial charge in [0.2, 0.25) is 0 Å². The first-order valence-corrected chi connectivity index (χ1v) is 15.0. The molecule has 0 aliphatic carbocycles. The van der Waals surface area contributed by atoms with Crippen LogP contribution >= 0.6 is 22.6 Å². The van der Waals surface area contributed by atoms with Crippen molar-refractivity contribution in [2.24, 2.45) is 0 Å². The molecule has 1 aromatic heterocycles. The van der Waals surface area contributed by atoms with Crippen molar-refractivity contribution in [2.45, 2.75) is 55.4 Å². The summed E-state index contributed by atoms with van der Waals surface area (Å²) in [5, 5.41) is 9.59. The minimum Gasteiger partial charge on any atom is -0.378 e. The number of nitrogens with zero attached hydrogens (tertiary/aromatic N) is 3. The topological polar surface area (TPSA) is 111 Å². The second-order valence-corrected chi connectivity index (χ2v) is 12.4. The zero-order valence-corrected chi connectivity index (χ0v) is 23.4. The highest BCUT2D eigenvalue weighted by Crippen LogP contribution is 3.02. The molecular formula is C22H27F9N6O3S2. The molecule has 9 nitrogen and oxygen atoms in total.